The lowest BCUT2D eigenvalue weighted by Gasteiger charge is -2.07. The maximum atomic E-state index is 5.86. The fourth-order valence-corrected chi connectivity index (χ4v) is 1.44. The van der Waals surface area contributed by atoms with Crippen LogP contribution in [0.2, 0.25) is 0 Å². The molecule has 0 N–H and O–H groups in total. The van der Waals surface area contributed by atoms with Gasteiger partial charge in [-0.1, -0.05) is 6.92 Å². The summed E-state index contributed by atoms with van der Waals surface area (Å²) in [6.45, 7) is 4.02. The van der Waals surface area contributed by atoms with E-state index in [1.165, 1.54) is 11.5 Å². The molecule has 1 heterocycles. The largest absolute Gasteiger partial charge is 0.228 e. The van der Waals surface area contributed by atoms with Crippen molar-refractivity contribution in [2.45, 2.75) is 25.1 Å². The van der Waals surface area contributed by atoms with Gasteiger partial charge in [0.2, 0.25) is 0 Å². The lowest BCUT2D eigenvalue weighted by molar-refractivity contribution is 0.735. The number of halogens is 1. The van der Waals surface area contributed by atoms with Gasteiger partial charge >= 0.3 is 0 Å². The summed E-state index contributed by atoms with van der Waals surface area (Å²) in [5.74, 6) is 0.314. The van der Waals surface area contributed by atoms with Crippen LogP contribution >= 0.6 is 23.1 Å². The van der Waals surface area contributed by atoms with Crippen LogP contribution in [-0.4, -0.2) is 14.7 Å². The molecule has 0 aromatic carbocycles. The molecule has 0 amide bonds. The number of aromatic nitrogens is 2. The molecule has 0 fully saturated rings. The molecule has 0 aliphatic rings. The van der Waals surface area contributed by atoms with E-state index in [4.69, 9.17) is 11.6 Å². The summed E-state index contributed by atoms with van der Waals surface area (Å²) in [7, 11) is 0. The first-order valence-corrected chi connectivity index (χ1v) is 4.33. The smallest absolute Gasteiger partial charge is 0.129 e. The average molecular weight is 177 g/mol. The average Bonchev–Trinajstić information content (AvgIpc) is 2.36. The molecular formula is C6H9ClN2S. The Morgan fingerprint density at radius 1 is 1.60 bits per heavy atom. The SMILES string of the molecule is CC(Cl)C(C)c1ncns1. The molecule has 1 aromatic heterocycles. The van der Waals surface area contributed by atoms with E-state index in [0.717, 1.165) is 5.01 Å². The Kier molecular flexibility index (Phi) is 2.63. The molecule has 0 saturated carbocycles. The summed E-state index contributed by atoms with van der Waals surface area (Å²) in [5.41, 5.74) is 0. The van der Waals surface area contributed by atoms with Gasteiger partial charge in [0.1, 0.15) is 11.3 Å². The minimum absolute atomic E-state index is 0.132. The molecule has 56 valence electrons. The zero-order chi connectivity index (χ0) is 7.56. The first kappa shape index (κ1) is 7.95. The third-order valence-corrected chi connectivity index (χ3v) is 2.70. The molecule has 0 aliphatic heterocycles. The molecule has 1 aromatic rings. The predicted octanol–water partition coefficient (Wildman–Crippen LogP) is 2.27. The second-order valence-electron chi connectivity index (χ2n) is 2.25. The minimum atomic E-state index is 0.132. The van der Waals surface area contributed by atoms with Crippen molar-refractivity contribution < 1.29 is 0 Å². The molecule has 2 atom stereocenters. The van der Waals surface area contributed by atoms with E-state index in [9.17, 15) is 0 Å². The van der Waals surface area contributed by atoms with Crippen LogP contribution in [0.3, 0.4) is 0 Å². The van der Waals surface area contributed by atoms with E-state index in [1.54, 1.807) is 6.33 Å². The molecule has 10 heavy (non-hydrogen) atoms. The number of hydrogen-bond donors (Lipinski definition) is 0. The first-order valence-electron chi connectivity index (χ1n) is 3.12. The normalized spacial score (nSPS) is 16.7. The molecule has 0 spiro atoms. The van der Waals surface area contributed by atoms with Crippen molar-refractivity contribution in [3.63, 3.8) is 0 Å². The van der Waals surface area contributed by atoms with Gasteiger partial charge in [-0.25, -0.2) is 4.98 Å². The van der Waals surface area contributed by atoms with E-state index in [1.807, 2.05) is 6.92 Å². The van der Waals surface area contributed by atoms with Crippen LogP contribution in [0.4, 0.5) is 0 Å². The Morgan fingerprint density at radius 2 is 2.30 bits per heavy atom. The van der Waals surface area contributed by atoms with Gasteiger partial charge in [-0.15, -0.1) is 11.6 Å². The van der Waals surface area contributed by atoms with E-state index in [2.05, 4.69) is 16.3 Å². The van der Waals surface area contributed by atoms with Gasteiger partial charge in [0.15, 0.2) is 0 Å². The van der Waals surface area contributed by atoms with Crippen molar-refractivity contribution in [3.05, 3.63) is 11.3 Å². The summed E-state index contributed by atoms with van der Waals surface area (Å²) >= 11 is 7.27. The van der Waals surface area contributed by atoms with Crippen LogP contribution in [0.15, 0.2) is 6.33 Å². The zero-order valence-corrected chi connectivity index (χ0v) is 7.49. The summed E-state index contributed by atoms with van der Waals surface area (Å²) in [5, 5.41) is 1.15. The number of alkyl halides is 1. The maximum absolute atomic E-state index is 5.86. The molecule has 0 saturated heterocycles. The van der Waals surface area contributed by atoms with Crippen molar-refractivity contribution in [3.8, 4) is 0 Å². The highest BCUT2D eigenvalue weighted by Crippen LogP contribution is 2.22. The number of nitrogens with zero attached hydrogens (tertiary/aromatic N) is 2. The van der Waals surface area contributed by atoms with Gasteiger partial charge in [0.05, 0.1) is 0 Å². The third kappa shape index (κ3) is 1.67. The highest BCUT2D eigenvalue weighted by molar-refractivity contribution is 7.05. The Labute approximate surface area is 69.4 Å². The monoisotopic (exact) mass is 176 g/mol. The van der Waals surface area contributed by atoms with Crippen LogP contribution in [0, 0.1) is 0 Å². The second-order valence-corrected chi connectivity index (χ2v) is 3.75. The lowest BCUT2D eigenvalue weighted by atomic mass is 10.1. The predicted molar refractivity (Wildman–Crippen MR) is 43.6 cm³/mol. The van der Waals surface area contributed by atoms with Crippen molar-refractivity contribution in [1.29, 1.82) is 0 Å². The molecule has 2 unspecified atom stereocenters. The summed E-state index contributed by atoms with van der Waals surface area (Å²) in [6.07, 6.45) is 1.57. The first-order chi connectivity index (χ1) is 4.72. The number of rotatable bonds is 2. The van der Waals surface area contributed by atoms with Crippen LogP contribution in [0.5, 0.6) is 0 Å². The zero-order valence-electron chi connectivity index (χ0n) is 5.91. The van der Waals surface area contributed by atoms with Gasteiger partial charge in [-0.3, -0.25) is 0 Å². The van der Waals surface area contributed by atoms with Crippen molar-refractivity contribution in [2.75, 3.05) is 0 Å². The van der Waals surface area contributed by atoms with E-state index >= 15 is 0 Å². The van der Waals surface area contributed by atoms with E-state index in [0.29, 0.717) is 5.92 Å². The van der Waals surface area contributed by atoms with Crippen LogP contribution in [0.25, 0.3) is 0 Å². The molecule has 1 rings (SSSR count). The summed E-state index contributed by atoms with van der Waals surface area (Å²) < 4.78 is 3.90. The molecule has 0 aliphatic carbocycles. The Balaban J connectivity index is 2.68. The van der Waals surface area contributed by atoms with Crippen LogP contribution in [-0.2, 0) is 0 Å². The molecule has 4 heteroatoms. The molecule has 0 bridgehead atoms. The van der Waals surface area contributed by atoms with Gasteiger partial charge in [0.25, 0.3) is 0 Å². The third-order valence-electron chi connectivity index (χ3n) is 1.46. The van der Waals surface area contributed by atoms with Crippen LogP contribution < -0.4 is 0 Å². The quantitative estimate of drug-likeness (QED) is 0.647. The Hall–Kier alpha value is -0.150. The molecule has 0 radical (unpaired) electrons. The Bertz CT molecular complexity index is 186. The topological polar surface area (TPSA) is 25.8 Å². The van der Waals surface area contributed by atoms with Crippen molar-refractivity contribution >= 4 is 23.1 Å². The van der Waals surface area contributed by atoms with Crippen LogP contribution in [0.1, 0.15) is 24.8 Å². The van der Waals surface area contributed by atoms with Gasteiger partial charge in [-0.05, 0) is 18.5 Å². The minimum Gasteiger partial charge on any atom is -0.228 e. The Morgan fingerprint density at radius 3 is 2.70 bits per heavy atom. The second kappa shape index (κ2) is 3.30. The highest BCUT2D eigenvalue weighted by Gasteiger charge is 2.13. The highest BCUT2D eigenvalue weighted by atomic mass is 35.5. The summed E-state index contributed by atoms with van der Waals surface area (Å²) in [4.78, 5) is 4.06. The fraction of sp³-hybridized carbons (Fsp3) is 0.667. The van der Waals surface area contributed by atoms with Gasteiger partial charge in [0, 0.05) is 11.3 Å². The summed E-state index contributed by atoms with van der Waals surface area (Å²) in [6, 6.07) is 0. The van der Waals surface area contributed by atoms with Crippen molar-refractivity contribution in [2.24, 2.45) is 0 Å². The van der Waals surface area contributed by atoms with Gasteiger partial charge < -0.3 is 0 Å². The number of hydrogen-bond acceptors (Lipinski definition) is 3. The lowest BCUT2D eigenvalue weighted by Crippen LogP contribution is -2.03. The molecule has 2 nitrogen and oxygen atoms in total. The molecular weight excluding hydrogens is 168 g/mol. The van der Waals surface area contributed by atoms with E-state index in [-0.39, 0.29) is 5.38 Å². The van der Waals surface area contributed by atoms with Gasteiger partial charge in [-0.2, -0.15) is 4.37 Å². The standard InChI is InChI=1S/C6H9ClN2S/c1-4(5(2)7)6-8-3-9-10-6/h3-5H,1-2H3. The van der Waals surface area contributed by atoms with Crippen molar-refractivity contribution in [1.82, 2.24) is 9.36 Å². The van der Waals surface area contributed by atoms with E-state index < -0.39 is 0 Å². The fourth-order valence-electron chi connectivity index (χ4n) is 0.579. The maximum Gasteiger partial charge on any atom is 0.129 e.